The zero-order chi connectivity index (χ0) is 42.3. The van der Waals surface area contributed by atoms with Crippen LogP contribution < -0.4 is 24.9 Å². The SMILES string of the molecule is COc1ccc(C(=O)Nc2cccc(CN3C(=O)[C@]4(O[C@H](CC(=O)N5Cc6ccccc6C[C@H]5CO)[C@@H]([Si](C)(C)c5ccc(OC)cc5)[C@@H]4C)c4cc(Cl)ccc43)c2)cc1. The third kappa shape index (κ3) is 7.38. The van der Waals surface area contributed by atoms with E-state index in [2.05, 4.69) is 43.5 Å². The molecule has 0 aromatic heterocycles. The van der Waals surface area contributed by atoms with Crippen molar-refractivity contribution in [1.29, 1.82) is 0 Å². The lowest BCUT2D eigenvalue weighted by Crippen LogP contribution is -2.52. The van der Waals surface area contributed by atoms with Crippen molar-refractivity contribution in [2.24, 2.45) is 5.92 Å². The third-order valence-electron chi connectivity index (χ3n) is 12.9. The van der Waals surface area contributed by atoms with Crippen molar-refractivity contribution >= 4 is 54.0 Å². The molecule has 5 aromatic rings. The largest absolute Gasteiger partial charge is 0.497 e. The zero-order valence-corrected chi connectivity index (χ0v) is 36.2. The number of aliphatic hydroxyl groups excluding tert-OH is 1. The Morgan fingerprint density at radius 2 is 1.58 bits per heavy atom. The topological polar surface area (TPSA) is 118 Å². The van der Waals surface area contributed by atoms with Crippen molar-refractivity contribution in [3.63, 3.8) is 0 Å². The molecule has 12 heteroatoms. The highest BCUT2D eigenvalue weighted by molar-refractivity contribution is 6.91. The van der Waals surface area contributed by atoms with E-state index in [-0.39, 0.29) is 54.8 Å². The molecule has 310 valence electrons. The van der Waals surface area contributed by atoms with E-state index in [1.165, 1.54) is 0 Å². The molecule has 2 N–H and O–H groups in total. The minimum atomic E-state index is -2.57. The van der Waals surface area contributed by atoms with Crippen molar-refractivity contribution < 1.29 is 33.7 Å². The molecule has 3 aliphatic rings. The average Bonchev–Trinajstić information content (AvgIpc) is 3.68. The highest BCUT2D eigenvalue weighted by Gasteiger charge is 2.66. The molecular formula is C48H50ClN3O7Si. The quantitative estimate of drug-likeness (QED) is 0.131. The van der Waals surface area contributed by atoms with Gasteiger partial charge in [-0.2, -0.15) is 0 Å². The van der Waals surface area contributed by atoms with Crippen LogP contribution in [0.15, 0.2) is 115 Å². The van der Waals surface area contributed by atoms with Gasteiger partial charge in [-0.05, 0) is 95.4 Å². The molecule has 10 nitrogen and oxygen atoms in total. The van der Waals surface area contributed by atoms with E-state index in [9.17, 15) is 14.7 Å². The number of ether oxygens (including phenoxy) is 3. The molecule has 0 radical (unpaired) electrons. The smallest absolute Gasteiger partial charge is 0.264 e. The predicted octanol–water partition coefficient (Wildman–Crippen LogP) is 7.71. The Kier molecular flexibility index (Phi) is 11.4. The summed E-state index contributed by atoms with van der Waals surface area (Å²) in [4.78, 5) is 46.8. The maximum atomic E-state index is 15.4. The average molecular weight is 844 g/mol. The summed E-state index contributed by atoms with van der Waals surface area (Å²) in [7, 11) is 0.648. The highest BCUT2D eigenvalue weighted by Crippen LogP contribution is 2.60. The van der Waals surface area contributed by atoms with Gasteiger partial charge in [0.15, 0.2) is 5.60 Å². The fourth-order valence-corrected chi connectivity index (χ4v) is 14.0. The van der Waals surface area contributed by atoms with Crippen LogP contribution in [0, 0.1) is 5.92 Å². The van der Waals surface area contributed by atoms with Crippen molar-refractivity contribution in [3.05, 3.63) is 148 Å². The van der Waals surface area contributed by atoms with Crippen LogP contribution in [-0.2, 0) is 39.4 Å². The number of carbonyl (C=O) groups excluding carboxylic acids is 3. The van der Waals surface area contributed by atoms with Gasteiger partial charge in [-0.25, -0.2) is 0 Å². The number of hydrogen-bond donors (Lipinski definition) is 2. The Morgan fingerprint density at radius 3 is 2.27 bits per heavy atom. The Morgan fingerprint density at radius 1 is 0.900 bits per heavy atom. The molecule has 1 fully saturated rings. The fraction of sp³-hybridized carbons (Fsp3) is 0.312. The van der Waals surface area contributed by atoms with Gasteiger partial charge in [0.1, 0.15) is 11.5 Å². The second-order valence-electron chi connectivity index (χ2n) is 16.6. The summed E-state index contributed by atoms with van der Waals surface area (Å²) >= 11 is 6.75. The lowest BCUT2D eigenvalue weighted by Gasteiger charge is -2.39. The van der Waals surface area contributed by atoms with E-state index in [1.54, 1.807) is 54.4 Å². The van der Waals surface area contributed by atoms with Crippen LogP contribution in [0.3, 0.4) is 0 Å². The second kappa shape index (κ2) is 16.5. The van der Waals surface area contributed by atoms with E-state index < -0.39 is 19.8 Å². The lowest BCUT2D eigenvalue weighted by molar-refractivity contribution is -0.151. The first kappa shape index (κ1) is 41.3. The van der Waals surface area contributed by atoms with E-state index in [0.29, 0.717) is 46.2 Å². The van der Waals surface area contributed by atoms with Gasteiger partial charge in [-0.3, -0.25) is 14.4 Å². The second-order valence-corrected chi connectivity index (χ2v) is 21.8. The van der Waals surface area contributed by atoms with E-state index in [4.69, 9.17) is 25.8 Å². The fourth-order valence-electron chi connectivity index (χ4n) is 9.85. The third-order valence-corrected chi connectivity index (χ3v) is 17.5. The highest BCUT2D eigenvalue weighted by atomic mass is 35.5. The summed E-state index contributed by atoms with van der Waals surface area (Å²) in [6.07, 6.45) is -0.0212. The monoisotopic (exact) mass is 843 g/mol. The molecule has 8 rings (SSSR count). The molecule has 0 bridgehead atoms. The number of anilines is 2. The normalized spacial score (nSPS) is 22.1. The number of carbonyl (C=O) groups is 3. The van der Waals surface area contributed by atoms with E-state index in [0.717, 1.165) is 27.6 Å². The van der Waals surface area contributed by atoms with Gasteiger partial charge in [-0.15, -0.1) is 0 Å². The molecular weight excluding hydrogens is 794 g/mol. The molecule has 3 aliphatic heterocycles. The van der Waals surface area contributed by atoms with Crippen LogP contribution in [0.2, 0.25) is 23.7 Å². The van der Waals surface area contributed by atoms with Gasteiger partial charge in [0, 0.05) is 34.3 Å². The molecule has 5 aromatic carbocycles. The molecule has 60 heavy (non-hydrogen) atoms. The first-order chi connectivity index (χ1) is 28.9. The summed E-state index contributed by atoms with van der Waals surface area (Å²) in [6, 6.07) is 35.6. The number of aliphatic hydroxyl groups is 1. The van der Waals surface area contributed by atoms with Crippen LogP contribution in [0.5, 0.6) is 11.5 Å². The van der Waals surface area contributed by atoms with Gasteiger partial charge < -0.3 is 34.4 Å². The number of amides is 3. The van der Waals surface area contributed by atoms with Gasteiger partial charge >= 0.3 is 0 Å². The number of hydrogen-bond acceptors (Lipinski definition) is 7. The minimum Gasteiger partial charge on any atom is -0.497 e. The number of methoxy groups -OCH3 is 2. The Bertz CT molecular complexity index is 2430. The number of nitrogens with one attached hydrogen (secondary N) is 1. The number of benzene rings is 5. The summed E-state index contributed by atoms with van der Waals surface area (Å²) in [5.41, 5.74) is 3.81. The standard InChI is InChI=1S/C48H50ClN3O7Si/c1-30-45(60(4,5)40-20-18-39(58-3)19-21-40)43(26-44(54)51-28-34-11-7-6-10-33(34)24-37(51)29-53)59-48(30)41-25-35(49)15-22-42(41)52(47(48)56)27-31-9-8-12-36(23-31)50-46(55)32-13-16-38(57-2)17-14-32/h6-23,25,30,37,43,45,53H,24,26-29H2,1-5H3,(H,50,55)/t30-,37-,43+,45-,48+/m0/s1. The maximum absolute atomic E-state index is 15.4. The Balaban J connectivity index is 1.14. The van der Waals surface area contributed by atoms with Gasteiger partial charge in [0.25, 0.3) is 11.8 Å². The molecule has 3 amide bonds. The molecule has 5 atom stereocenters. The Labute approximate surface area is 357 Å². The van der Waals surface area contributed by atoms with Crippen LogP contribution in [0.1, 0.15) is 46.0 Å². The zero-order valence-electron chi connectivity index (χ0n) is 34.5. The number of rotatable bonds is 11. The number of halogens is 1. The van der Waals surface area contributed by atoms with Crippen molar-refractivity contribution in [2.45, 2.75) is 69.2 Å². The summed E-state index contributed by atoms with van der Waals surface area (Å²) in [6.45, 7) is 7.09. The lowest BCUT2D eigenvalue weighted by atomic mass is 9.82. The molecule has 3 heterocycles. The summed E-state index contributed by atoms with van der Waals surface area (Å²) in [5, 5.41) is 15.1. The van der Waals surface area contributed by atoms with Crippen molar-refractivity contribution in [1.82, 2.24) is 4.90 Å². The first-order valence-corrected chi connectivity index (χ1v) is 23.8. The van der Waals surface area contributed by atoms with Crippen LogP contribution in [0.4, 0.5) is 11.4 Å². The van der Waals surface area contributed by atoms with Gasteiger partial charge in [0.05, 0.1) is 59.7 Å². The molecule has 1 spiro atoms. The molecule has 0 saturated carbocycles. The van der Waals surface area contributed by atoms with Crippen molar-refractivity contribution in [3.8, 4) is 11.5 Å². The van der Waals surface area contributed by atoms with Crippen LogP contribution >= 0.6 is 11.6 Å². The van der Waals surface area contributed by atoms with Crippen LogP contribution in [-0.4, -0.2) is 68.8 Å². The predicted molar refractivity (Wildman–Crippen MR) is 236 cm³/mol. The number of nitrogens with zero attached hydrogens (tertiary/aromatic N) is 2. The van der Waals surface area contributed by atoms with E-state index in [1.807, 2.05) is 66.7 Å². The number of fused-ring (bicyclic) bond motifs is 3. The first-order valence-electron chi connectivity index (χ1n) is 20.3. The van der Waals surface area contributed by atoms with Crippen LogP contribution in [0.25, 0.3) is 0 Å². The van der Waals surface area contributed by atoms with E-state index >= 15 is 4.79 Å². The molecule has 1 saturated heterocycles. The van der Waals surface area contributed by atoms with Gasteiger partial charge in [-0.1, -0.05) is 85.3 Å². The summed E-state index contributed by atoms with van der Waals surface area (Å²) in [5.74, 6) is 0.428. The minimum absolute atomic E-state index is 0.0428. The maximum Gasteiger partial charge on any atom is 0.264 e. The molecule has 0 unspecified atom stereocenters. The van der Waals surface area contributed by atoms with Crippen molar-refractivity contribution in [2.75, 3.05) is 31.0 Å². The molecule has 0 aliphatic carbocycles. The summed E-state index contributed by atoms with van der Waals surface area (Å²) < 4.78 is 18.0. The Hall–Kier alpha value is -5.46. The van der Waals surface area contributed by atoms with Gasteiger partial charge in [0.2, 0.25) is 5.91 Å².